The Morgan fingerprint density at radius 1 is 0.625 bits per heavy atom. The number of carbonyl (C=O) groups excluding carboxylic acids is 1. The van der Waals surface area contributed by atoms with Gasteiger partial charge in [-0.2, -0.15) is 8.78 Å². The summed E-state index contributed by atoms with van der Waals surface area (Å²) in [6.45, 7) is 2.13. The summed E-state index contributed by atoms with van der Waals surface area (Å²) in [7, 11) is 0. The molecule has 0 N–H and O–H groups in total. The quantitative estimate of drug-likeness (QED) is 0.0461. The average Bonchev–Trinajstić information content (AvgIpc) is 3.03. The summed E-state index contributed by atoms with van der Waals surface area (Å²) in [4.78, 5) is 12.7. The fourth-order valence-corrected chi connectivity index (χ4v) is 4.97. The van der Waals surface area contributed by atoms with E-state index >= 15 is 4.39 Å². The van der Waals surface area contributed by atoms with Gasteiger partial charge in [-0.15, -0.1) is 0 Å². The monoisotopic (exact) mass is 670 g/mol. The number of unbranched alkanes of at least 4 members (excludes halogenated alkanes) is 2. The van der Waals surface area contributed by atoms with Crippen molar-refractivity contribution in [3.05, 3.63) is 143 Å². The first-order valence-electron chi connectivity index (χ1n) is 14.8. The predicted octanol–water partition coefficient (Wildman–Crippen LogP) is 10.9. The third kappa shape index (κ3) is 7.67. The highest BCUT2D eigenvalue weighted by Gasteiger charge is 2.38. The number of esters is 1. The summed E-state index contributed by atoms with van der Waals surface area (Å²) in [6.07, 6.45) is -0.185. The summed E-state index contributed by atoms with van der Waals surface area (Å²) < 4.78 is 123. The Balaban J connectivity index is 1.27. The number of alkyl halides is 2. The molecule has 0 spiro atoms. The molecule has 0 unspecified atom stereocenters. The van der Waals surface area contributed by atoms with Crippen LogP contribution in [0.4, 0.5) is 35.1 Å². The Morgan fingerprint density at radius 3 is 1.88 bits per heavy atom. The number of aryl methyl sites for hydroxylation is 1. The lowest BCUT2D eigenvalue weighted by Gasteiger charge is -2.19. The molecule has 0 saturated carbocycles. The summed E-state index contributed by atoms with van der Waals surface area (Å²) in [6, 6.07) is 17.1. The second-order valence-corrected chi connectivity index (χ2v) is 10.9. The van der Waals surface area contributed by atoms with E-state index in [1.807, 2.05) is 24.3 Å². The van der Waals surface area contributed by atoms with Crippen molar-refractivity contribution in [3.63, 3.8) is 0 Å². The normalized spacial score (nSPS) is 11.4. The molecule has 5 rings (SSSR count). The molecule has 0 aliphatic rings. The van der Waals surface area contributed by atoms with Gasteiger partial charge < -0.3 is 9.47 Å². The molecule has 5 aromatic rings. The topological polar surface area (TPSA) is 35.5 Å². The fourth-order valence-electron chi connectivity index (χ4n) is 4.97. The van der Waals surface area contributed by atoms with E-state index < -0.39 is 63.9 Å². The van der Waals surface area contributed by atoms with Crippen LogP contribution in [0.15, 0.2) is 91.0 Å². The minimum Gasteiger partial charge on any atom is -0.429 e. The standard InChI is InChI=1S/C37H26F8O3/c1-2-3-4-5-21-6-8-22(9-7-21)23-10-13-28(30(38)16-23)36(46)47-25-12-14-27(31(39)18-25)24-11-15-29(32(40)17-24)37(44,45)48-26-19-33(41)35(43)34(42)20-26/h6-20H,2-5H2,1H3. The number of rotatable bonds is 11. The predicted molar refractivity (Wildman–Crippen MR) is 163 cm³/mol. The largest absolute Gasteiger partial charge is 0.429 e. The van der Waals surface area contributed by atoms with Crippen molar-refractivity contribution in [3.8, 4) is 33.8 Å². The van der Waals surface area contributed by atoms with Crippen LogP contribution in [0, 0.1) is 34.9 Å². The Kier molecular flexibility index (Phi) is 10.2. The van der Waals surface area contributed by atoms with Crippen molar-refractivity contribution in [1.82, 2.24) is 0 Å². The molecule has 0 amide bonds. The zero-order valence-corrected chi connectivity index (χ0v) is 25.2. The number of hydrogen-bond acceptors (Lipinski definition) is 3. The molecule has 5 aromatic carbocycles. The van der Waals surface area contributed by atoms with Crippen molar-refractivity contribution in [2.75, 3.05) is 0 Å². The average molecular weight is 671 g/mol. The van der Waals surface area contributed by atoms with E-state index in [1.54, 1.807) is 6.07 Å². The molecule has 11 heteroatoms. The Hall–Kier alpha value is -5.19. The molecular weight excluding hydrogens is 644 g/mol. The maximum absolute atomic E-state index is 15.0. The second kappa shape index (κ2) is 14.3. The van der Waals surface area contributed by atoms with Gasteiger partial charge in [0.25, 0.3) is 0 Å². The van der Waals surface area contributed by atoms with Crippen LogP contribution in [0.25, 0.3) is 22.3 Å². The van der Waals surface area contributed by atoms with Gasteiger partial charge in [-0.05, 0) is 71.5 Å². The van der Waals surface area contributed by atoms with Crippen LogP contribution in [-0.4, -0.2) is 5.97 Å². The third-order valence-electron chi connectivity index (χ3n) is 7.49. The van der Waals surface area contributed by atoms with Crippen LogP contribution in [0.1, 0.15) is 47.7 Å². The lowest BCUT2D eigenvalue weighted by atomic mass is 10.00. The van der Waals surface area contributed by atoms with E-state index in [2.05, 4.69) is 11.7 Å². The van der Waals surface area contributed by atoms with Gasteiger partial charge in [0.15, 0.2) is 17.5 Å². The number of halogens is 8. The van der Waals surface area contributed by atoms with E-state index in [-0.39, 0.29) is 29.0 Å². The van der Waals surface area contributed by atoms with Crippen LogP contribution in [0.3, 0.4) is 0 Å². The molecule has 248 valence electrons. The first-order valence-corrected chi connectivity index (χ1v) is 14.8. The highest BCUT2D eigenvalue weighted by Crippen LogP contribution is 2.37. The zero-order valence-electron chi connectivity index (χ0n) is 25.2. The van der Waals surface area contributed by atoms with Crippen LogP contribution in [0.2, 0.25) is 0 Å². The summed E-state index contributed by atoms with van der Waals surface area (Å²) >= 11 is 0. The van der Waals surface area contributed by atoms with E-state index in [0.717, 1.165) is 55.5 Å². The van der Waals surface area contributed by atoms with Crippen molar-refractivity contribution >= 4 is 5.97 Å². The summed E-state index contributed by atoms with van der Waals surface area (Å²) in [5.41, 5.74) is 0.253. The Bertz CT molecular complexity index is 1930. The van der Waals surface area contributed by atoms with Crippen molar-refractivity contribution in [2.45, 2.75) is 38.7 Å². The van der Waals surface area contributed by atoms with E-state index in [1.165, 1.54) is 17.7 Å². The number of hydrogen-bond donors (Lipinski definition) is 0. The number of carbonyl (C=O) groups is 1. The molecule has 0 aliphatic carbocycles. The second-order valence-electron chi connectivity index (χ2n) is 10.9. The van der Waals surface area contributed by atoms with E-state index in [0.29, 0.717) is 17.7 Å². The summed E-state index contributed by atoms with van der Waals surface area (Å²) in [5.74, 6) is -11.4. The first kappa shape index (κ1) is 34.2. The smallest absolute Gasteiger partial charge is 0.429 e. The van der Waals surface area contributed by atoms with Gasteiger partial charge >= 0.3 is 12.1 Å². The lowest BCUT2D eigenvalue weighted by Crippen LogP contribution is -2.23. The number of benzene rings is 5. The molecule has 0 bridgehead atoms. The summed E-state index contributed by atoms with van der Waals surface area (Å²) in [5, 5.41) is 0. The molecular formula is C37H26F8O3. The SMILES string of the molecule is CCCCCc1ccc(-c2ccc(C(=O)Oc3ccc(-c4ccc(C(F)(F)Oc5cc(F)c(F)c(F)c5)c(F)c4)c(F)c3)c(F)c2)cc1. The Labute approximate surface area is 270 Å². The van der Waals surface area contributed by atoms with E-state index in [9.17, 15) is 35.5 Å². The minimum atomic E-state index is -4.46. The van der Waals surface area contributed by atoms with Crippen LogP contribution < -0.4 is 9.47 Å². The fraction of sp³-hybridized carbons (Fsp3) is 0.162. The highest BCUT2D eigenvalue weighted by molar-refractivity contribution is 5.92. The Morgan fingerprint density at radius 2 is 1.25 bits per heavy atom. The molecule has 0 atom stereocenters. The van der Waals surface area contributed by atoms with Crippen LogP contribution in [0.5, 0.6) is 11.5 Å². The van der Waals surface area contributed by atoms with Gasteiger partial charge in [0.1, 0.15) is 29.0 Å². The molecule has 0 aromatic heterocycles. The molecule has 3 nitrogen and oxygen atoms in total. The maximum Gasteiger partial charge on any atom is 0.429 e. The van der Waals surface area contributed by atoms with Gasteiger partial charge in [-0.25, -0.2) is 31.1 Å². The molecule has 0 aliphatic heterocycles. The van der Waals surface area contributed by atoms with Crippen LogP contribution >= 0.6 is 0 Å². The van der Waals surface area contributed by atoms with Crippen LogP contribution in [-0.2, 0) is 12.5 Å². The van der Waals surface area contributed by atoms with Gasteiger partial charge in [-0.1, -0.05) is 56.2 Å². The zero-order chi connectivity index (χ0) is 34.6. The molecule has 0 radical (unpaired) electrons. The van der Waals surface area contributed by atoms with Gasteiger partial charge in [0.2, 0.25) is 0 Å². The molecule has 0 fully saturated rings. The van der Waals surface area contributed by atoms with E-state index in [4.69, 9.17) is 4.74 Å². The molecule has 0 saturated heterocycles. The first-order chi connectivity index (χ1) is 22.9. The lowest BCUT2D eigenvalue weighted by molar-refractivity contribution is -0.187. The van der Waals surface area contributed by atoms with Gasteiger partial charge in [0.05, 0.1) is 11.1 Å². The molecule has 48 heavy (non-hydrogen) atoms. The third-order valence-corrected chi connectivity index (χ3v) is 7.49. The molecule has 0 heterocycles. The maximum atomic E-state index is 15.0. The van der Waals surface area contributed by atoms with Crippen molar-refractivity contribution in [2.24, 2.45) is 0 Å². The minimum absolute atomic E-state index is 0.167. The van der Waals surface area contributed by atoms with Gasteiger partial charge in [-0.3, -0.25) is 0 Å². The van der Waals surface area contributed by atoms with Crippen molar-refractivity contribution in [1.29, 1.82) is 0 Å². The van der Waals surface area contributed by atoms with Gasteiger partial charge in [0, 0.05) is 23.8 Å². The highest BCUT2D eigenvalue weighted by atomic mass is 19.3. The number of ether oxygens (including phenoxy) is 2. The van der Waals surface area contributed by atoms with Crippen molar-refractivity contribution < 1.29 is 49.4 Å².